The van der Waals surface area contributed by atoms with Crippen LogP contribution in [0.4, 0.5) is 5.69 Å². The molecule has 1 N–H and O–H groups in total. The van der Waals surface area contributed by atoms with Crippen molar-refractivity contribution < 1.29 is 4.92 Å². The minimum Gasteiger partial charge on any atom is -0.317 e. The Kier molecular flexibility index (Phi) is 6.21. The molecule has 0 aromatic heterocycles. The fraction of sp³-hybridized carbons (Fsp3) is 0.538. The predicted molar refractivity (Wildman–Crippen MR) is 77.7 cm³/mol. The summed E-state index contributed by atoms with van der Waals surface area (Å²) in [5.41, 5.74) is 1.18. The molecular formula is C13H20ClN3O2. The largest absolute Gasteiger partial charge is 0.317 e. The standard InChI is InChI=1S/C13H19N3O2.ClH/c1-15(12-5-7-14-8-6-12)10-11-3-2-4-13(9-11)16(17)18;/h2-4,9,12,14H,5-8,10H2,1H3;1H. The number of hydrogen-bond donors (Lipinski definition) is 1. The molecule has 1 aromatic rings. The van der Waals surface area contributed by atoms with Crippen LogP contribution in [-0.4, -0.2) is 36.0 Å². The summed E-state index contributed by atoms with van der Waals surface area (Å²) in [6.45, 7) is 2.89. The minimum atomic E-state index is -0.339. The van der Waals surface area contributed by atoms with Gasteiger partial charge in [0, 0.05) is 24.7 Å². The molecule has 0 amide bonds. The highest BCUT2D eigenvalue weighted by atomic mass is 35.5. The third-order valence-corrected chi connectivity index (χ3v) is 3.49. The van der Waals surface area contributed by atoms with Crippen LogP contribution in [0.3, 0.4) is 0 Å². The van der Waals surface area contributed by atoms with Crippen molar-refractivity contribution in [3.63, 3.8) is 0 Å². The summed E-state index contributed by atoms with van der Waals surface area (Å²) >= 11 is 0. The van der Waals surface area contributed by atoms with E-state index in [2.05, 4.69) is 17.3 Å². The van der Waals surface area contributed by atoms with Gasteiger partial charge in [-0.25, -0.2) is 0 Å². The number of nitro groups is 1. The van der Waals surface area contributed by atoms with Crippen LogP contribution in [0, 0.1) is 10.1 Å². The normalized spacial score (nSPS) is 16.1. The average Bonchev–Trinajstić information content (AvgIpc) is 2.40. The SMILES string of the molecule is CN(Cc1cccc([N+](=O)[O-])c1)C1CCNCC1.Cl. The van der Waals surface area contributed by atoms with Gasteiger partial charge in [-0.15, -0.1) is 12.4 Å². The molecule has 1 heterocycles. The van der Waals surface area contributed by atoms with Gasteiger partial charge in [-0.2, -0.15) is 0 Å². The molecule has 0 spiro atoms. The van der Waals surface area contributed by atoms with Crippen LogP contribution in [0.2, 0.25) is 0 Å². The van der Waals surface area contributed by atoms with E-state index in [1.165, 1.54) is 6.07 Å². The summed E-state index contributed by atoms with van der Waals surface area (Å²) in [6.07, 6.45) is 2.29. The number of nitrogens with zero attached hydrogens (tertiary/aromatic N) is 2. The maximum Gasteiger partial charge on any atom is 0.269 e. The number of rotatable bonds is 4. The van der Waals surface area contributed by atoms with Crippen LogP contribution in [-0.2, 0) is 6.54 Å². The molecule has 106 valence electrons. The molecule has 0 atom stereocenters. The summed E-state index contributed by atoms with van der Waals surface area (Å²) in [6, 6.07) is 7.48. The van der Waals surface area contributed by atoms with Crippen molar-refractivity contribution in [2.24, 2.45) is 0 Å². The van der Waals surface area contributed by atoms with Gasteiger partial charge in [0.15, 0.2) is 0 Å². The second-order valence-electron chi connectivity index (χ2n) is 4.82. The van der Waals surface area contributed by atoms with Gasteiger partial charge in [0.05, 0.1) is 4.92 Å². The lowest BCUT2D eigenvalue weighted by Crippen LogP contribution is -2.40. The predicted octanol–water partition coefficient (Wildman–Crippen LogP) is 2.20. The van der Waals surface area contributed by atoms with Gasteiger partial charge in [0.2, 0.25) is 0 Å². The second kappa shape index (κ2) is 7.43. The van der Waals surface area contributed by atoms with E-state index >= 15 is 0 Å². The first-order valence-corrected chi connectivity index (χ1v) is 6.31. The number of nitrogens with one attached hydrogen (secondary N) is 1. The number of piperidine rings is 1. The summed E-state index contributed by atoms with van der Waals surface area (Å²) in [4.78, 5) is 12.7. The number of hydrogen-bond acceptors (Lipinski definition) is 4. The van der Waals surface area contributed by atoms with Gasteiger partial charge < -0.3 is 5.32 Å². The maximum absolute atomic E-state index is 10.7. The molecule has 0 radical (unpaired) electrons. The van der Waals surface area contributed by atoms with Crippen LogP contribution in [0.25, 0.3) is 0 Å². The molecule has 0 aliphatic carbocycles. The molecule has 19 heavy (non-hydrogen) atoms. The molecule has 0 unspecified atom stereocenters. The van der Waals surface area contributed by atoms with E-state index in [4.69, 9.17) is 0 Å². The Bertz CT molecular complexity index is 422. The van der Waals surface area contributed by atoms with Gasteiger partial charge in [-0.3, -0.25) is 15.0 Å². The Labute approximate surface area is 119 Å². The second-order valence-corrected chi connectivity index (χ2v) is 4.82. The Hall–Kier alpha value is -1.17. The number of nitro benzene ring substituents is 1. The van der Waals surface area contributed by atoms with Crippen molar-refractivity contribution in [3.8, 4) is 0 Å². The van der Waals surface area contributed by atoms with Crippen molar-refractivity contribution in [2.45, 2.75) is 25.4 Å². The molecular weight excluding hydrogens is 266 g/mol. The highest BCUT2D eigenvalue weighted by Crippen LogP contribution is 2.17. The first-order chi connectivity index (χ1) is 8.66. The van der Waals surface area contributed by atoms with Crippen molar-refractivity contribution in [1.29, 1.82) is 0 Å². The number of halogens is 1. The first kappa shape index (κ1) is 15.9. The van der Waals surface area contributed by atoms with Gasteiger partial charge in [-0.1, -0.05) is 12.1 Å². The van der Waals surface area contributed by atoms with Crippen LogP contribution in [0.1, 0.15) is 18.4 Å². The van der Waals surface area contributed by atoms with Crippen molar-refractivity contribution in [2.75, 3.05) is 20.1 Å². The molecule has 0 bridgehead atoms. The third-order valence-electron chi connectivity index (χ3n) is 3.49. The fourth-order valence-corrected chi connectivity index (χ4v) is 2.43. The topological polar surface area (TPSA) is 58.4 Å². The first-order valence-electron chi connectivity index (χ1n) is 6.31. The van der Waals surface area contributed by atoms with E-state index in [9.17, 15) is 10.1 Å². The molecule has 0 saturated carbocycles. The van der Waals surface area contributed by atoms with E-state index in [1.807, 2.05) is 6.07 Å². The molecule has 1 fully saturated rings. The van der Waals surface area contributed by atoms with Gasteiger partial charge in [0.1, 0.15) is 0 Å². The van der Waals surface area contributed by atoms with Crippen molar-refractivity contribution in [3.05, 3.63) is 39.9 Å². The zero-order valence-corrected chi connectivity index (χ0v) is 11.9. The molecule has 1 saturated heterocycles. The van der Waals surface area contributed by atoms with E-state index in [-0.39, 0.29) is 23.0 Å². The molecule has 2 rings (SSSR count). The van der Waals surface area contributed by atoms with Crippen LogP contribution < -0.4 is 5.32 Å². The third kappa shape index (κ3) is 4.45. The molecule has 1 aliphatic heterocycles. The molecule has 5 nitrogen and oxygen atoms in total. The summed E-state index contributed by atoms with van der Waals surface area (Å²) < 4.78 is 0. The minimum absolute atomic E-state index is 0. The highest BCUT2D eigenvalue weighted by molar-refractivity contribution is 5.85. The van der Waals surface area contributed by atoms with Crippen LogP contribution >= 0.6 is 12.4 Å². The summed E-state index contributed by atoms with van der Waals surface area (Å²) in [5.74, 6) is 0. The van der Waals surface area contributed by atoms with Gasteiger partial charge in [-0.05, 0) is 38.5 Å². The van der Waals surface area contributed by atoms with Gasteiger partial charge in [0.25, 0.3) is 5.69 Å². The molecule has 1 aromatic carbocycles. The average molecular weight is 286 g/mol. The molecule has 1 aliphatic rings. The Balaban J connectivity index is 0.00000180. The lowest BCUT2D eigenvalue weighted by molar-refractivity contribution is -0.384. The Morgan fingerprint density at radius 3 is 2.74 bits per heavy atom. The summed E-state index contributed by atoms with van der Waals surface area (Å²) in [5, 5.41) is 14.1. The molecule has 6 heteroatoms. The maximum atomic E-state index is 10.7. The van der Waals surface area contributed by atoms with E-state index in [0.717, 1.165) is 38.0 Å². The van der Waals surface area contributed by atoms with E-state index < -0.39 is 0 Å². The lowest BCUT2D eigenvalue weighted by atomic mass is 10.0. The van der Waals surface area contributed by atoms with Crippen LogP contribution in [0.5, 0.6) is 0 Å². The van der Waals surface area contributed by atoms with Crippen LogP contribution in [0.15, 0.2) is 24.3 Å². The zero-order chi connectivity index (χ0) is 13.0. The van der Waals surface area contributed by atoms with E-state index in [0.29, 0.717) is 6.04 Å². The zero-order valence-electron chi connectivity index (χ0n) is 11.0. The summed E-state index contributed by atoms with van der Waals surface area (Å²) in [7, 11) is 2.09. The fourth-order valence-electron chi connectivity index (χ4n) is 2.43. The lowest BCUT2D eigenvalue weighted by Gasteiger charge is -2.31. The Morgan fingerprint density at radius 2 is 2.11 bits per heavy atom. The van der Waals surface area contributed by atoms with Gasteiger partial charge >= 0.3 is 0 Å². The van der Waals surface area contributed by atoms with E-state index in [1.54, 1.807) is 12.1 Å². The monoisotopic (exact) mass is 285 g/mol. The van der Waals surface area contributed by atoms with Crippen molar-refractivity contribution >= 4 is 18.1 Å². The quantitative estimate of drug-likeness (QED) is 0.681. The van der Waals surface area contributed by atoms with Crippen molar-refractivity contribution in [1.82, 2.24) is 10.2 Å². The number of benzene rings is 1. The number of non-ortho nitro benzene ring substituents is 1. The Morgan fingerprint density at radius 1 is 1.42 bits per heavy atom. The smallest absolute Gasteiger partial charge is 0.269 e. The highest BCUT2D eigenvalue weighted by Gasteiger charge is 2.18.